The third kappa shape index (κ3) is 3.76. The Kier molecular flexibility index (Phi) is 5.62. The Labute approximate surface area is 154 Å². The van der Waals surface area contributed by atoms with Gasteiger partial charge < -0.3 is 9.80 Å². The van der Waals surface area contributed by atoms with Crippen LogP contribution in [-0.2, 0) is 14.8 Å². The van der Waals surface area contributed by atoms with E-state index in [1.54, 1.807) is 21.9 Å². The average molecular weight is 379 g/mol. The molecule has 3 rings (SSSR count). The highest BCUT2D eigenvalue weighted by atomic mass is 32.2. The number of amides is 2. The lowest BCUT2D eigenvalue weighted by Crippen LogP contribution is -2.48. The van der Waals surface area contributed by atoms with Gasteiger partial charge in [-0.25, -0.2) is 8.42 Å². The summed E-state index contributed by atoms with van der Waals surface area (Å²) in [5.74, 6) is -0.177. The molecule has 2 aliphatic rings. The number of hydrogen-bond donors (Lipinski definition) is 0. The van der Waals surface area contributed by atoms with Crippen molar-refractivity contribution in [2.24, 2.45) is 0 Å². The highest BCUT2D eigenvalue weighted by molar-refractivity contribution is 7.89. The fourth-order valence-electron chi connectivity index (χ4n) is 3.45. The second kappa shape index (κ2) is 7.75. The van der Waals surface area contributed by atoms with E-state index in [1.165, 1.54) is 10.4 Å². The smallest absolute Gasteiger partial charge is 0.254 e. The highest BCUT2D eigenvalue weighted by Gasteiger charge is 2.28. The molecule has 1 aromatic rings. The maximum absolute atomic E-state index is 12.9. The number of carbonyl (C=O) groups excluding carboxylic acids is 2. The number of piperazine rings is 1. The largest absolute Gasteiger partial charge is 0.342 e. The first-order chi connectivity index (χ1) is 12.4. The molecule has 0 unspecified atom stereocenters. The van der Waals surface area contributed by atoms with E-state index in [-0.39, 0.29) is 10.8 Å². The predicted octanol–water partition coefficient (Wildman–Crippen LogP) is 1.08. The molecule has 26 heavy (non-hydrogen) atoms. The van der Waals surface area contributed by atoms with E-state index in [9.17, 15) is 18.0 Å². The number of carbonyl (C=O) groups is 2. The quantitative estimate of drug-likeness (QED) is 0.734. The molecule has 0 bridgehead atoms. The Hall–Kier alpha value is -1.93. The van der Waals surface area contributed by atoms with Crippen LogP contribution in [0.15, 0.2) is 23.1 Å². The zero-order valence-corrected chi connectivity index (χ0v) is 15.9. The average Bonchev–Trinajstić information content (AvgIpc) is 2.68. The fraction of sp³-hybridized carbons (Fsp3) is 0.556. The summed E-state index contributed by atoms with van der Waals surface area (Å²) in [5.41, 5.74) is 1.17. The van der Waals surface area contributed by atoms with Gasteiger partial charge in [-0.2, -0.15) is 4.31 Å². The van der Waals surface area contributed by atoms with Crippen LogP contribution >= 0.6 is 0 Å². The third-order valence-corrected chi connectivity index (χ3v) is 7.04. The van der Waals surface area contributed by atoms with Gasteiger partial charge in [0.2, 0.25) is 16.4 Å². The molecule has 0 radical (unpaired) electrons. The second-order valence-corrected chi connectivity index (χ2v) is 8.81. The van der Waals surface area contributed by atoms with Gasteiger partial charge in [-0.1, -0.05) is 12.5 Å². The van der Waals surface area contributed by atoms with Gasteiger partial charge in [0.05, 0.1) is 4.90 Å². The van der Waals surface area contributed by atoms with Crippen molar-refractivity contribution in [1.82, 2.24) is 14.1 Å². The van der Waals surface area contributed by atoms with Crippen LogP contribution in [-0.4, -0.2) is 74.1 Å². The van der Waals surface area contributed by atoms with Crippen molar-refractivity contribution in [1.29, 1.82) is 0 Å². The Bertz CT molecular complexity index is 780. The van der Waals surface area contributed by atoms with Gasteiger partial charge in [-0.05, 0) is 37.5 Å². The van der Waals surface area contributed by atoms with Gasteiger partial charge >= 0.3 is 0 Å². The summed E-state index contributed by atoms with van der Waals surface area (Å²) in [6.45, 7) is 4.80. The SMILES string of the molecule is Cc1ccc(S(=O)(=O)N2CCCCC2)cc1C(=O)N1CCN(C=O)CC1. The van der Waals surface area contributed by atoms with E-state index in [4.69, 9.17) is 0 Å². The van der Waals surface area contributed by atoms with Crippen LogP contribution in [0.5, 0.6) is 0 Å². The first-order valence-electron chi connectivity index (χ1n) is 9.03. The van der Waals surface area contributed by atoms with E-state index in [2.05, 4.69) is 0 Å². The van der Waals surface area contributed by atoms with E-state index >= 15 is 0 Å². The minimum absolute atomic E-state index is 0.177. The summed E-state index contributed by atoms with van der Waals surface area (Å²) < 4.78 is 27.3. The number of hydrogen-bond acceptors (Lipinski definition) is 4. The molecular formula is C18H25N3O4S. The van der Waals surface area contributed by atoms with Crippen molar-refractivity contribution in [2.45, 2.75) is 31.1 Å². The maximum Gasteiger partial charge on any atom is 0.254 e. The molecular weight excluding hydrogens is 354 g/mol. The van der Waals surface area contributed by atoms with Crippen molar-refractivity contribution in [2.75, 3.05) is 39.3 Å². The molecule has 2 fully saturated rings. The third-order valence-electron chi connectivity index (χ3n) is 5.14. The van der Waals surface area contributed by atoms with Crippen LogP contribution < -0.4 is 0 Å². The number of sulfonamides is 1. The molecule has 142 valence electrons. The van der Waals surface area contributed by atoms with Gasteiger partial charge in [0, 0.05) is 44.8 Å². The molecule has 8 heteroatoms. The predicted molar refractivity (Wildman–Crippen MR) is 97.3 cm³/mol. The molecule has 7 nitrogen and oxygen atoms in total. The molecule has 0 atom stereocenters. The topological polar surface area (TPSA) is 78.0 Å². The van der Waals surface area contributed by atoms with Crippen LogP contribution in [0.4, 0.5) is 0 Å². The zero-order valence-electron chi connectivity index (χ0n) is 15.1. The molecule has 0 N–H and O–H groups in total. The van der Waals surface area contributed by atoms with Crippen LogP contribution in [0.25, 0.3) is 0 Å². The Morgan fingerprint density at radius 1 is 1.00 bits per heavy atom. The number of piperidine rings is 1. The lowest BCUT2D eigenvalue weighted by Gasteiger charge is -2.33. The number of aryl methyl sites for hydroxylation is 1. The standard InChI is InChI=1S/C18H25N3O4S/c1-15-5-6-16(26(24,25)21-7-3-2-4-8-21)13-17(15)18(23)20-11-9-19(14-22)10-12-20/h5-6,13-14H,2-4,7-12H2,1H3. The Morgan fingerprint density at radius 2 is 1.65 bits per heavy atom. The molecule has 0 aliphatic carbocycles. The van der Waals surface area contributed by atoms with Gasteiger partial charge in [0.15, 0.2) is 0 Å². The molecule has 2 saturated heterocycles. The normalized spacial score (nSPS) is 19.4. The minimum atomic E-state index is -3.57. The van der Waals surface area contributed by atoms with Gasteiger partial charge in [-0.3, -0.25) is 9.59 Å². The van der Waals surface area contributed by atoms with Gasteiger partial charge in [0.1, 0.15) is 0 Å². The summed E-state index contributed by atoms with van der Waals surface area (Å²) in [7, 11) is -3.57. The van der Waals surface area contributed by atoms with Crippen molar-refractivity contribution >= 4 is 22.3 Å². The number of nitrogens with zero attached hydrogens (tertiary/aromatic N) is 3. The first-order valence-corrected chi connectivity index (χ1v) is 10.5. The number of benzene rings is 1. The van der Waals surface area contributed by atoms with Crippen LogP contribution in [0, 0.1) is 6.92 Å². The summed E-state index contributed by atoms with van der Waals surface area (Å²) in [4.78, 5) is 27.2. The maximum atomic E-state index is 12.9. The Morgan fingerprint density at radius 3 is 2.27 bits per heavy atom. The molecule has 2 heterocycles. The fourth-order valence-corrected chi connectivity index (χ4v) is 4.99. The highest BCUT2D eigenvalue weighted by Crippen LogP contribution is 2.23. The number of rotatable bonds is 4. The zero-order chi connectivity index (χ0) is 18.7. The van der Waals surface area contributed by atoms with Crippen molar-refractivity contribution in [3.05, 3.63) is 29.3 Å². The molecule has 2 aliphatic heterocycles. The summed E-state index contributed by atoms with van der Waals surface area (Å²) in [6, 6.07) is 4.79. The molecule has 2 amide bonds. The lowest BCUT2D eigenvalue weighted by molar-refractivity contribution is -0.119. The summed E-state index contributed by atoms with van der Waals surface area (Å²) >= 11 is 0. The monoisotopic (exact) mass is 379 g/mol. The van der Waals surface area contributed by atoms with E-state index in [1.807, 2.05) is 6.92 Å². The summed E-state index contributed by atoms with van der Waals surface area (Å²) in [5, 5.41) is 0. The first kappa shape index (κ1) is 18.8. The minimum Gasteiger partial charge on any atom is -0.342 e. The van der Waals surface area contributed by atoms with E-state index in [0.717, 1.165) is 31.2 Å². The molecule has 0 saturated carbocycles. The van der Waals surface area contributed by atoms with Crippen LogP contribution in [0.3, 0.4) is 0 Å². The molecule has 1 aromatic carbocycles. The van der Waals surface area contributed by atoms with Gasteiger partial charge in [0.25, 0.3) is 5.91 Å². The van der Waals surface area contributed by atoms with Gasteiger partial charge in [-0.15, -0.1) is 0 Å². The van der Waals surface area contributed by atoms with Crippen molar-refractivity contribution in [3.63, 3.8) is 0 Å². The van der Waals surface area contributed by atoms with E-state index < -0.39 is 10.0 Å². The molecule has 0 spiro atoms. The molecule has 0 aromatic heterocycles. The van der Waals surface area contributed by atoms with Crippen molar-refractivity contribution < 1.29 is 18.0 Å². The van der Waals surface area contributed by atoms with E-state index in [0.29, 0.717) is 44.8 Å². The lowest BCUT2D eigenvalue weighted by atomic mass is 10.1. The van der Waals surface area contributed by atoms with Crippen LogP contribution in [0.2, 0.25) is 0 Å². The Balaban J connectivity index is 1.83. The second-order valence-electron chi connectivity index (χ2n) is 6.88. The summed E-state index contributed by atoms with van der Waals surface area (Å²) in [6.07, 6.45) is 3.59. The van der Waals surface area contributed by atoms with Crippen molar-refractivity contribution in [3.8, 4) is 0 Å². The van der Waals surface area contributed by atoms with Crippen LogP contribution in [0.1, 0.15) is 35.2 Å².